The largest absolute Gasteiger partial charge is 0.453 e. The predicted octanol–water partition coefficient (Wildman–Crippen LogP) is 6.53. The maximum Gasteiger partial charge on any atom is 0.407 e. The summed E-state index contributed by atoms with van der Waals surface area (Å²) in [6, 6.07) is 7.25. The van der Waals surface area contributed by atoms with Gasteiger partial charge in [-0.3, -0.25) is 0 Å². The number of carbonyl (C=O) groups excluding carboxylic acids is 1. The van der Waals surface area contributed by atoms with Crippen molar-refractivity contribution < 1.29 is 22.7 Å². The summed E-state index contributed by atoms with van der Waals surface area (Å²) in [5.41, 5.74) is 1.58. The molecule has 0 radical (unpaired) electrons. The van der Waals surface area contributed by atoms with E-state index in [0.717, 1.165) is 43.0 Å². The van der Waals surface area contributed by atoms with Gasteiger partial charge in [-0.25, -0.2) is 4.79 Å². The van der Waals surface area contributed by atoms with Crippen molar-refractivity contribution in [2.24, 2.45) is 0 Å². The highest BCUT2D eigenvalue weighted by Gasteiger charge is 2.31. The number of anilines is 1. The van der Waals surface area contributed by atoms with Gasteiger partial charge in [-0.05, 0) is 51.2 Å². The summed E-state index contributed by atoms with van der Waals surface area (Å²) in [5.74, 6) is 0. The van der Waals surface area contributed by atoms with Gasteiger partial charge < -0.3 is 24.8 Å². The zero-order valence-electron chi connectivity index (χ0n) is 23.0. The van der Waals surface area contributed by atoms with Crippen LogP contribution in [0.4, 0.5) is 23.7 Å². The lowest BCUT2D eigenvalue weighted by Gasteiger charge is -2.22. The first kappa shape index (κ1) is 31.4. The number of nitrogens with one attached hydrogen (secondary N) is 2. The Hall–Kier alpha value is -2.86. The molecule has 0 aliphatic heterocycles. The molecule has 2 heterocycles. The Balaban J connectivity index is 0.00000161. The van der Waals surface area contributed by atoms with Gasteiger partial charge in [-0.15, -0.1) is 10.2 Å². The number of aromatic nitrogens is 3. The van der Waals surface area contributed by atoms with E-state index in [-0.39, 0.29) is 12.6 Å². The van der Waals surface area contributed by atoms with Crippen molar-refractivity contribution in [3.8, 4) is 10.7 Å². The molecule has 0 saturated heterocycles. The van der Waals surface area contributed by atoms with Gasteiger partial charge in [0.05, 0.1) is 24.9 Å². The molecule has 38 heavy (non-hydrogen) atoms. The van der Waals surface area contributed by atoms with Gasteiger partial charge in [0.15, 0.2) is 5.01 Å². The molecule has 2 aromatic heterocycles. The van der Waals surface area contributed by atoms with Gasteiger partial charge >= 0.3 is 12.3 Å². The lowest BCUT2D eigenvalue weighted by molar-refractivity contribution is -0.139. The number of hydrogen-bond donors (Lipinski definition) is 2. The van der Waals surface area contributed by atoms with Crippen LogP contribution in [0.5, 0.6) is 0 Å². The molecule has 3 aromatic rings. The minimum absolute atomic E-state index is 0.0705. The number of halogens is 3. The Morgan fingerprint density at radius 3 is 2.53 bits per heavy atom. The van der Waals surface area contributed by atoms with Gasteiger partial charge in [-0.2, -0.15) is 13.2 Å². The van der Waals surface area contributed by atoms with Crippen LogP contribution in [-0.2, 0) is 17.8 Å². The number of fused-ring (bicyclic) bond motifs is 1. The molecule has 212 valence electrons. The lowest BCUT2D eigenvalue weighted by atomic mass is 10.1. The van der Waals surface area contributed by atoms with Crippen molar-refractivity contribution in [3.63, 3.8) is 0 Å². The Labute approximate surface area is 226 Å². The molecule has 1 amide bonds. The van der Waals surface area contributed by atoms with E-state index >= 15 is 0 Å². The normalized spacial score (nSPS) is 12.3. The molecule has 8 nitrogen and oxygen atoms in total. The second kappa shape index (κ2) is 14.9. The van der Waals surface area contributed by atoms with E-state index in [1.807, 2.05) is 6.07 Å². The third kappa shape index (κ3) is 9.16. The number of benzene rings is 1. The van der Waals surface area contributed by atoms with Crippen molar-refractivity contribution in [1.29, 1.82) is 0 Å². The van der Waals surface area contributed by atoms with E-state index < -0.39 is 18.8 Å². The average Bonchev–Trinajstić information content (AvgIpc) is 3.49. The minimum Gasteiger partial charge on any atom is -0.453 e. The molecule has 3 rings (SSSR count). The third-order valence-corrected chi connectivity index (χ3v) is 6.74. The Bertz CT molecular complexity index is 1150. The molecule has 0 aliphatic rings. The second-order valence-corrected chi connectivity index (χ2v) is 10.0. The molecule has 1 aromatic carbocycles. The number of alkyl halides is 3. The molecule has 1 unspecified atom stereocenters. The number of rotatable bonds is 11. The van der Waals surface area contributed by atoms with E-state index in [0.29, 0.717) is 26.6 Å². The fourth-order valence-electron chi connectivity index (χ4n) is 3.72. The highest BCUT2D eigenvalue weighted by Crippen LogP contribution is 2.36. The van der Waals surface area contributed by atoms with Crippen molar-refractivity contribution in [2.75, 3.05) is 32.6 Å². The van der Waals surface area contributed by atoms with Gasteiger partial charge in [0.2, 0.25) is 0 Å². The van der Waals surface area contributed by atoms with Crippen LogP contribution in [0.15, 0.2) is 24.3 Å². The fraction of sp³-hybridized carbons (Fsp3) is 0.577. The first-order valence-electron chi connectivity index (χ1n) is 12.8. The summed E-state index contributed by atoms with van der Waals surface area (Å²) in [7, 11) is 3.31. The number of carbonyl (C=O) groups is 1. The van der Waals surface area contributed by atoms with E-state index in [1.165, 1.54) is 18.1 Å². The van der Waals surface area contributed by atoms with Crippen molar-refractivity contribution >= 4 is 34.0 Å². The summed E-state index contributed by atoms with van der Waals surface area (Å²) < 4.78 is 46.4. The van der Waals surface area contributed by atoms with Gasteiger partial charge in [0.25, 0.3) is 0 Å². The number of nitrogens with zero attached hydrogens (tertiary/aromatic N) is 4. The van der Waals surface area contributed by atoms with Crippen molar-refractivity contribution in [1.82, 2.24) is 25.0 Å². The molecule has 2 N–H and O–H groups in total. The maximum absolute atomic E-state index is 13.5. The van der Waals surface area contributed by atoms with Crippen LogP contribution in [0.3, 0.4) is 0 Å². The number of alkyl carbamates (subject to hydrolysis) is 1. The predicted molar refractivity (Wildman–Crippen MR) is 148 cm³/mol. The summed E-state index contributed by atoms with van der Waals surface area (Å²) in [6.45, 7) is 9.24. The molecular formula is C26H39F3N6O2S. The van der Waals surface area contributed by atoms with E-state index in [9.17, 15) is 18.0 Å². The summed E-state index contributed by atoms with van der Waals surface area (Å²) in [5, 5.41) is 15.7. The quantitative estimate of drug-likeness (QED) is 0.280. The average molecular weight is 557 g/mol. The van der Waals surface area contributed by atoms with Crippen molar-refractivity contribution in [2.45, 2.75) is 72.3 Å². The molecule has 0 bridgehead atoms. The van der Waals surface area contributed by atoms with E-state index in [4.69, 9.17) is 0 Å². The fourth-order valence-corrected chi connectivity index (χ4v) is 4.52. The molecule has 0 aliphatic carbocycles. The zero-order valence-corrected chi connectivity index (χ0v) is 23.8. The second-order valence-electron chi connectivity index (χ2n) is 8.96. The standard InChI is InChI=1S/C23H31F3N6O2S.C3H8/c1-5-15(10-11-31(3)6-2)28-17-8-7-9-18-16(17)12-19(32(18)14-23(24,25)26)21-30-29-20(35-21)13-27-22(33)34-4;1-3-2/h7-9,12,15,28H,5-6,10-11,13-14H2,1-4H3,(H,27,33);3H2,1-2H3. The molecule has 0 fully saturated rings. The highest BCUT2D eigenvalue weighted by atomic mass is 32.1. The third-order valence-electron chi connectivity index (χ3n) is 5.79. The smallest absolute Gasteiger partial charge is 0.407 e. The van der Waals surface area contributed by atoms with E-state index in [2.05, 4.69) is 65.2 Å². The van der Waals surface area contributed by atoms with Crippen LogP contribution in [0.25, 0.3) is 21.6 Å². The highest BCUT2D eigenvalue weighted by molar-refractivity contribution is 7.14. The van der Waals surface area contributed by atoms with Crippen molar-refractivity contribution in [3.05, 3.63) is 29.3 Å². The van der Waals surface area contributed by atoms with Gasteiger partial charge in [0.1, 0.15) is 11.6 Å². The number of ether oxygens (including phenoxy) is 1. The van der Waals surface area contributed by atoms with Crippen LogP contribution in [0.1, 0.15) is 52.0 Å². The van der Waals surface area contributed by atoms with Crippen LogP contribution in [0, 0.1) is 0 Å². The van der Waals surface area contributed by atoms with Crippen LogP contribution < -0.4 is 10.6 Å². The molecule has 0 saturated carbocycles. The Morgan fingerprint density at radius 1 is 1.21 bits per heavy atom. The monoisotopic (exact) mass is 556 g/mol. The molecular weight excluding hydrogens is 517 g/mol. The van der Waals surface area contributed by atoms with Crippen LogP contribution >= 0.6 is 11.3 Å². The topological polar surface area (TPSA) is 84.3 Å². The van der Waals surface area contributed by atoms with Crippen LogP contribution in [-0.4, -0.2) is 65.2 Å². The molecule has 1 atom stereocenters. The Morgan fingerprint density at radius 2 is 1.92 bits per heavy atom. The maximum atomic E-state index is 13.5. The molecule has 0 spiro atoms. The number of amides is 1. The number of hydrogen-bond acceptors (Lipinski definition) is 7. The van der Waals surface area contributed by atoms with Gasteiger partial charge in [-0.1, -0.05) is 51.5 Å². The molecule has 12 heteroatoms. The SMILES string of the molecule is CCC.CCC(CCN(C)CC)Nc1cccc2c1cc(-c1nnc(CNC(=O)OC)s1)n2CC(F)(F)F. The number of methoxy groups -OCH3 is 1. The Kier molecular flexibility index (Phi) is 12.3. The lowest BCUT2D eigenvalue weighted by Crippen LogP contribution is -2.27. The van der Waals surface area contributed by atoms with E-state index in [1.54, 1.807) is 18.2 Å². The summed E-state index contributed by atoms with van der Waals surface area (Å²) in [6.07, 6.45) is -1.99. The first-order valence-corrected chi connectivity index (χ1v) is 13.7. The zero-order chi connectivity index (χ0) is 28.3. The minimum atomic E-state index is -4.42. The van der Waals surface area contributed by atoms with Crippen LogP contribution in [0.2, 0.25) is 0 Å². The summed E-state index contributed by atoms with van der Waals surface area (Å²) >= 11 is 1.13. The van der Waals surface area contributed by atoms with Gasteiger partial charge in [0, 0.05) is 17.1 Å². The first-order chi connectivity index (χ1) is 18.1. The summed E-state index contributed by atoms with van der Waals surface area (Å²) in [4.78, 5) is 13.6.